The predicted octanol–water partition coefficient (Wildman–Crippen LogP) is 5.72. The van der Waals surface area contributed by atoms with E-state index in [4.69, 9.17) is 4.74 Å². The first kappa shape index (κ1) is 18.8. The van der Waals surface area contributed by atoms with E-state index < -0.39 is 0 Å². The van der Waals surface area contributed by atoms with Gasteiger partial charge < -0.3 is 10.1 Å². The van der Waals surface area contributed by atoms with Gasteiger partial charge in [0.2, 0.25) is 5.91 Å². The number of hydrogen-bond donors (Lipinski definition) is 1. The molecule has 138 valence electrons. The second kappa shape index (κ2) is 9.13. The smallest absolute Gasteiger partial charge is 0.224 e. The standard InChI is InChI=1S/C22H27NO2S/c1-25-20-11-7-18(8-12-20)17-5-3-16(4-6-17)15-22(24)23-19-9-13-21(26-2)14-10-19/h7-14,16-17H,3-6,15H2,1-2H3,(H,23,24)/t16-,17-. The number of amides is 1. The summed E-state index contributed by atoms with van der Waals surface area (Å²) in [5.74, 6) is 2.15. The molecule has 1 amide bonds. The largest absolute Gasteiger partial charge is 0.497 e. The van der Waals surface area contributed by atoms with Crippen molar-refractivity contribution in [2.24, 2.45) is 5.92 Å². The van der Waals surface area contributed by atoms with E-state index in [1.807, 2.05) is 36.4 Å². The van der Waals surface area contributed by atoms with Gasteiger partial charge in [-0.3, -0.25) is 4.79 Å². The highest BCUT2D eigenvalue weighted by Crippen LogP contribution is 2.37. The van der Waals surface area contributed by atoms with Gasteiger partial charge in [-0.05, 0) is 85.7 Å². The highest BCUT2D eigenvalue weighted by atomic mass is 32.2. The van der Waals surface area contributed by atoms with Crippen molar-refractivity contribution in [1.82, 2.24) is 0 Å². The van der Waals surface area contributed by atoms with Crippen molar-refractivity contribution in [2.75, 3.05) is 18.7 Å². The first-order chi connectivity index (χ1) is 12.7. The van der Waals surface area contributed by atoms with Crippen LogP contribution < -0.4 is 10.1 Å². The van der Waals surface area contributed by atoms with Gasteiger partial charge in [-0.15, -0.1) is 11.8 Å². The van der Waals surface area contributed by atoms with E-state index >= 15 is 0 Å². The molecule has 1 saturated carbocycles. The molecule has 3 nitrogen and oxygen atoms in total. The minimum absolute atomic E-state index is 0.134. The summed E-state index contributed by atoms with van der Waals surface area (Å²) in [6.07, 6.45) is 7.24. The maximum atomic E-state index is 12.3. The topological polar surface area (TPSA) is 38.3 Å². The zero-order valence-corrected chi connectivity index (χ0v) is 16.4. The van der Waals surface area contributed by atoms with Crippen LogP contribution in [-0.2, 0) is 4.79 Å². The van der Waals surface area contributed by atoms with E-state index in [0.29, 0.717) is 18.3 Å². The normalized spacial score (nSPS) is 19.8. The summed E-state index contributed by atoms with van der Waals surface area (Å²) < 4.78 is 5.23. The van der Waals surface area contributed by atoms with E-state index in [1.165, 1.54) is 10.5 Å². The molecule has 0 heterocycles. The molecule has 0 atom stereocenters. The fourth-order valence-corrected chi connectivity index (χ4v) is 4.13. The molecule has 2 aromatic carbocycles. The molecule has 3 rings (SSSR count). The van der Waals surface area contributed by atoms with Gasteiger partial charge in [0.05, 0.1) is 7.11 Å². The zero-order chi connectivity index (χ0) is 18.4. The Labute approximate surface area is 160 Å². The third-order valence-corrected chi connectivity index (χ3v) is 6.03. The molecular weight excluding hydrogens is 342 g/mol. The number of nitrogens with one attached hydrogen (secondary N) is 1. The summed E-state index contributed by atoms with van der Waals surface area (Å²) in [5.41, 5.74) is 2.28. The fraction of sp³-hybridized carbons (Fsp3) is 0.409. The van der Waals surface area contributed by atoms with E-state index in [0.717, 1.165) is 37.1 Å². The average molecular weight is 370 g/mol. The molecule has 0 bridgehead atoms. The van der Waals surface area contributed by atoms with E-state index in [1.54, 1.807) is 18.9 Å². The minimum atomic E-state index is 0.134. The molecular formula is C22H27NO2S. The Hall–Kier alpha value is -1.94. The number of hydrogen-bond acceptors (Lipinski definition) is 3. The predicted molar refractivity (Wildman–Crippen MR) is 109 cm³/mol. The molecule has 2 aromatic rings. The average Bonchev–Trinajstić information content (AvgIpc) is 2.69. The van der Waals surface area contributed by atoms with Crippen LogP contribution in [0.5, 0.6) is 5.75 Å². The summed E-state index contributed by atoms with van der Waals surface area (Å²) in [6.45, 7) is 0. The lowest BCUT2D eigenvalue weighted by atomic mass is 9.77. The Morgan fingerprint density at radius 1 is 1.04 bits per heavy atom. The summed E-state index contributed by atoms with van der Waals surface area (Å²) in [6, 6.07) is 16.5. The fourth-order valence-electron chi connectivity index (χ4n) is 3.72. The van der Waals surface area contributed by atoms with Crippen molar-refractivity contribution < 1.29 is 9.53 Å². The highest BCUT2D eigenvalue weighted by molar-refractivity contribution is 7.98. The summed E-state index contributed by atoms with van der Waals surface area (Å²) in [5, 5.41) is 3.03. The monoisotopic (exact) mass is 369 g/mol. The second-order valence-electron chi connectivity index (χ2n) is 6.97. The van der Waals surface area contributed by atoms with Crippen LogP contribution >= 0.6 is 11.8 Å². The molecule has 0 aliphatic heterocycles. The van der Waals surface area contributed by atoms with E-state index in [-0.39, 0.29) is 5.91 Å². The SMILES string of the molecule is COc1ccc([C@H]2CC[C@H](CC(=O)Nc3ccc(SC)cc3)CC2)cc1. The second-order valence-corrected chi connectivity index (χ2v) is 7.85. The van der Waals surface area contributed by atoms with Gasteiger partial charge in [0, 0.05) is 17.0 Å². The Morgan fingerprint density at radius 2 is 1.69 bits per heavy atom. The van der Waals surface area contributed by atoms with Gasteiger partial charge in [0.15, 0.2) is 0 Å². The number of carbonyl (C=O) groups is 1. The number of ether oxygens (including phenoxy) is 1. The van der Waals surface area contributed by atoms with Crippen molar-refractivity contribution in [3.05, 3.63) is 54.1 Å². The van der Waals surface area contributed by atoms with Gasteiger partial charge in [0.25, 0.3) is 0 Å². The Morgan fingerprint density at radius 3 is 2.27 bits per heavy atom. The molecule has 4 heteroatoms. The molecule has 0 radical (unpaired) electrons. The first-order valence-electron chi connectivity index (χ1n) is 9.26. The van der Waals surface area contributed by atoms with Crippen molar-refractivity contribution in [1.29, 1.82) is 0 Å². The maximum Gasteiger partial charge on any atom is 0.224 e. The van der Waals surface area contributed by atoms with Crippen LogP contribution in [0.25, 0.3) is 0 Å². The Balaban J connectivity index is 1.46. The van der Waals surface area contributed by atoms with E-state index in [2.05, 4.69) is 23.7 Å². The minimum Gasteiger partial charge on any atom is -0.497 e. The molecule has 1 fully saturated rings. The molecule has 1 aliphatic rings. The van der Waals surface area contributed by atoms with Gasteiger partial charge in [-0.25, -0.2) is 0 Å². The molecule has 1 aliphatic carbocycles. The van der Waals surface area contributed by atoms with Crippen molar-refractivity contribution >= 4 is 23.4 Å². The van der Waals surface area contributed by atoms with Gasteiger partial charge in [-0.1, -0.05) is 12.1 Å². The van der Waals surface area contributed by atoms with Crippen molar-refractivity contribution in [2.45, 2.75) is 42.9 Å². The molecule has 0 aromatic heterocycles. The Kier molecular flexibility index (Phi) is 6.62. The number of anilines is 1. The van der Waals surface area contributed by atoms with Crippen LogP contribution in [0.3, 0.4) is 0 Å². The number of carbonyl (C=O) groups excluding carboxylic acids is 1. The molecule has 1 N–H and O–H groups in total. The van der Waals surface area contributed by atoms with Crippen LogP contribution in [0.2, 0.25) is 0 Å². The third kappa shape index (κ3) is 5.04. The summed E-state index contributed by atoms with van der Waals surface area (Å²) in [4.78, 5) is 13.5. The third-order valence-electron chi connectivity index (χ3n) is 5.28. The zero-order valence-electron chi connectivity index (χ0n) is 15.5. The summed E-state index contributed by atoms with van der Waals surface area (Å²) >= 11 is 1.71. The van der Waals surface area contributed by atoms with Crippen LogP contribution in [0.4, 0.5) is 5.69 Å². The van der Waals surface area contributed by atoms with Crippen LogP contribution in [0.1, 0.15) is 43.6 Å². The van der Waals surface area contributed by atoms with Crippen LogP contribution in [-0.4, -0.2) is 19.3 Å². The number of thioether (sulfide) groups is 1. The summed E-state index contributed by atoms with van der Waals surface area (Å²) in [7, 11) is 1.70. The highest BCUT2D eigenvalue weighted by Gasteiger charge is 2.24. The molecule has 0 unspecified atom stereocenters. The van der Waals surface area contributed by atoms with Gasteiger partial charge in [0.1, 0.15) is 5.75 Å². The maximum absolute atomic E-state index is 12.3. The molecule has 26 heavy (non-hydrogen) atoms. The molecule has 0 saturated heterocycles. The van der Waals surface area contributed by atoms with Crippen LogP contribution in [0, 0.1) is 5.92 Å². The van der Waals surface area contributed by atoms with Crippen molar-refractivity contribution in [3.8, 4) is 5.75 Å². The lowest BCUT2D eigenvalue weighted by molar-refractivity contribution is -0.117. The van der Waals surface area contributed by atoms with Gasteiger partial charge in [-0.2, -0.15) is 0 Å². The Bertz CT molecular complexity index is 704. The quantitative estimate of drug-likeness (QED) is 0.662. The lowest BCUT2D eigenvalue weighted by Gasteiger charge is -2.28. The number of methoxy groups -OCH3 is 1. The lowest BCUT2D eigenvalue weighted by Crippen LogP contribution is -2.20. The van der Waals surface area contributed by atoms with Gasteiger partial charge >= 0.3 is 0 Å². The molecule has 0 spiro atoms. The number of benzene rings is 2. The number of rotatable bonds is 6. The van der Waals surface area contributed by atoms with Crippen LogP contribution in [0.15, 0.2) is 53.4 Å². The van der Waals surface area contributed by atoms with Crippen molar-refractivity contribution in [3.63, 3.8) is 0 Å². The first-order valence-corrected chi connectivity index (χ1v) is 10.5. The van der Waals surface area contributed by atoms with E-state index in [9.17, 15) is 4.79 Å².